The van der Waals surface area contributed by atoms with Gasteiger partial charge in [-0.05, 0) is 48.9 Å². The standard InChI is InChI=1S/C27H31N5O2S/c1-29-9-8-20-24(16-29)35-26-25(20)27(33)32(17-28-26)13-12-31-10-6-18(7-11-31)22-15-30(2)23-5-4-19(34-3)14-21(22)23/h4-6,14-15,17H,7-13,16H2,1-3H3/p+1. The number of quaternary nitrogens is 1. The second-order valence-corrected chi connectivity index (χ2v) is 11.0. The van der Waals surface area contributed by atoms with Crippen molar-refractivity contribution in [1.82, 2.24) is 19.0 Å². The monoisotopic (exact) mass is 490 g/mol. The van der Waals surface area contributed by atoms with E-state index in [9.17, 15) is 4.79 Å². The SMILES string of the molecule is COc1ccc2c(c1)c(C1=CC[NH+](CCn3cnc4sc5c(c4c3=O)CCN(C)C5)CC1)cn2C. The first-order chi connectivity index (χ1) is 17.0. The summed E-state index contributed by atoms with van der Waals surface area (Å²) in [6, 6.07) is 6.29. The number of aryl methyl sites for hydroxylation is 1. The largest absolute Gasteiger partial charge is 0.497 e. The fourth-order valence-corrected chi connectivity index (χ4v) is 6.85. The molecule has 7 nitrogen and oxygen atoms in total. The summed E-state index contributed by atoms with van der Waals surface area (Å²) in [6.07, 6.45) is 8.34. The topological polar surface area (TPSA) is 56.7 Å². The van der Waals surface area contributed by atoms with Gasteiger partial charge in [-0.15, -0.1) is 11.3 Å². The molecule has 0 bridgehead atoms. The van der Waals surface area contributed by atoms with Crippen LogP contribution in [0.1, 0.15) is 22.4 Å². The highest BCUT2D eigenvalue weighted by Gasteiger charge is 2.23. The van der Waals surface area contributed by atoms with Gasteiger partial charge in [0, 0.05) is 54.1 Å². The molecule has 2 aliphatic heterocycles. The summed E-state index contributed by atoms with van der Waals surface area (Å²) < 4.78 is 9.49. The van der Waals surface area contributed by atoms with Gasteiger partial charge in [-0.2, -0.15) is 0 Å². The maximum absolute atomic E-state index is 13.3. The molecule has 0 fully saturated rings. The molecule has 4 aromatic rings. The number of rotatable bonds is 5. The Kier molecular flexibility index (Phi) is 5.75. The van der Waals surface area contributed by atoms with Gasteiger partial charge in [0.05, 0.1) is 45.0 Å². The van der Waals surface area contributed by atoms with Crippen molar-refractivity contribution in [2.24, 2.45) is 7.05 Å². The molecule has 0 saturated carbocycles. The fraction of sp³-hybridized carbons (Fsp3) is 0.407. The summed E-state index contributed by atoms with van der Waals surface area (Å²) in [4.78, 5) is 24.0. The number of nitrogens with one attached hydrogen (secondary N) is 1. The highest BCUT2D eigenvalue weighted by Crippen LogP contribution is 2.32. The average Bonchev–Trinajstić information content (AvgIpc) is 3.41. The van der Waals surface area contributed by atoms with Gasteiger partial charge < -0.3 is 19.1 Å². The van der Waals surface area contributed by atoms with Crippen LogP contribution < -0.4 is 15.2 Å². The van der Waals surface area contributed by atoms with E-state index in [1.165, 1.54) is 37.4 Å². The molecule has 2 aliphatic rings. The molecule has 1 unspecified atom stereocenters. The molecule has 6 rings (SSSR count). The van der Waals surface area contributed by atoms with Crippen molar-refractivity contribution < 1.29 is 9.64 Å². The number of nitrogens with zero attached hydrogens (tertiary/aromatic N) is 4. The van der Waals surface area contributed by atoms with Gasteiger partial charge in [0.2, 0.25) is 0 Å². The van der Waals surface area contributed by atoms with Gasteiger partial charge in [0.25, 0.3) is 5.56 Å². The van der Waals surface area contributed by atoms with Crippen LogP contribution in [-0.2, 0) is 26.6 Å². The number of hydrogen-bond donors (Lipinski definition) is 1. The van der Waals surface area contributed by atoms with Gasteiger partial charge in [-0.3, -0.25) is 9.36 Å². The van der Waals surface area contributed by atoms with E-state index in [2.05, 4.69) is 53.0 Å². The molecule has 1 atom stereocenters. The van der Waals surface area contributed by atoms with Crippen LogP contribution in [0.3, 0.4) is 0 Å². The summed E-state index contributed by atoms with van der Waals surface area (Å²) in [6.45, 7) is 5.60. The number of aromatic nitrogens is 3. The second kappa shape index (κ2) is 8.93. The van der Waals surface area contributed by atoms with Crippen molar-refractivity contribution in [1.29, 1.82) is 0 Å². The van der Waals surface area contributed by atoms with E-state index in [-0.39, 0.29) is 5.56 Å². The number of methoxy groups -OCH3 is 1. The van der Waals surface area contributed by atoms with Crippen molar-refractivity contribution in [2.45, 2.75) is 25.9 Å². The van der Waals surface area contributed by atoms with E-state index in [0.29, 0.717) is 6.54 Å². The molecule has 0 amide bonds. The van der Waals surface area contributed by atoms with E-state index >= 15 is 0 Å². The second-order valence-electron chi connectivity index (χ2n) is 9.89. The first kappa shape index (κ1) is 22.5. The highest BCUT2D eigenvalue weighted by atomic mass is 32.1. The van der Waals surface area contributed by atoms with Crippen LogP contribution in [-0.4, -0.2) is 59.4 Å². The van der Waals surface area contributed by atoms with Crippen molar-refractivity contribution in [3.8, 4) is 5.75 Å². The zero-order chi connectivity index (χ0) is 24.1. The lowest BCUT2D eigenvalue weighted by molar-refractivity contribution is -0.895. The molecule has 0 aliphatic carbocycles. The molecule has 0 spiro atoms. The fourth-order valence-electron chi connectivity index (χ4n) is 5.59. The third-order valence-corrected chi connectivity index (χ3v) is 8.78. The minimum atomic E-state index is 0.134. The number of fused-ring (bicyclic) bond motifs is 4. The van der Waals surface area contributed by atoms with Gasteiger partial charge in [0.15, 0.2) is 0 Å². The van der Waals surface area contributed by atoms with Gasteiger partial charge in [-0.25, -0.2) is 4.98 Å². The summed E-state index contributed by atoms with van der Waals surface area (Å²) in [5.41, 5.74) is 5.30. The Morgan fingerprint density at radius 3 is 2.91 bits per heavy atom. The number of likely N-dealkylation sites (N-methyl/N-ethyl adjacent to an activating group) is 1. The summed E-state index contributed by atoms with van der Waals surface area (Å²) in [7, 11) is 5.96. The van der Waals surface area contributed by atoms with E-state index in [1.807, 2.05) is 10.6 Å². The van der Waals surface area contributed by atoms with Gasteiger partial charge in [0.1, 0.15) is 10.6 Å². The molecular formula is C27H32N5O2S+. The Labute approximate surface area is 208 Å². The van der Waals surface area contributed by atoms with Crippen molar-refractivity contribution >= 4 is 38.0 Å². The molecule has 35 heavy (non-hydrogen) atoms. The number of thiophene rings is 1. The van der Waals surface area contributed by atoms with Crippen LogP contribution in [0, 0.1) is 0 Å². The van der Waals surface area contributed by atoms with Crippen LogP contribution in [0.2, 0.25) is 0 Å². The molecule has 5 heterocycles. The summed E-state index contributed by atoms with van der Waals surface area (Å²) >= 11 is 1.69. The Morgan fingerprint density at radius 2 is 2.11 bits per heavy atom. The Balaban J connectivity index is 1.18. The maximum atomic E-state index is 13.3. The molecule has 1 aromatic carbocycles. The number of ether oxygens (including phenoxy) is 1. The van der Waals surface area contributed by atoms with Crippen LogP contribution in [0.15, 0.2) is 41.6 Å². The van der Waals surface area contributed by atoms with Crippen LogP contribution in [0.5, 0.6) is 5.75 Å². The lowest BCUT2D eigenvalue weighted by atomic mass is 9.99. The third kappa shape index (κ3) is 3.99. The number of hydrogen-bond acceptors (Lipinski definition) is 5. The Hall–Kier alpha value is -2.94. The van der Waals surface area contributed by atoms with E-state index < -0.39 is 0 Å². The van der Waals surface area contributed by atoms with Gasteiger partial charge in [-0.1, -0.05) is 0 Å². The third-order valence-electron chi connectivity index (χ3n) is 7.65. The quantitative estimate of drug-likeness (QED) is 0.467. The van der Waals surface area contributed by atoms with E-state index in [1.54, 1.807) is 24.8 Å². The predicted molar refractivity (Wildman–Crippen MR) is 142 cm³/mol. The normalized spacial score (nSPS) is 18.7. The first-order valence-electron chi connectivity index (χ1n) is 12.4. The minimum Gasteiger partial charge on any atom is -0.497 e. The van der Waals surface area contributed by atoms with E-state index in [4.69, 9.17) is 4.74 Å². The lowest BCUT2D eigenvalue weighted by Crippen LogP contribution is -3.12. The molecular weight excluding hydrogens is 458 g/mol. The molecule has 3 aromatic heterocycles. The van der Waals surface area contributed by atoms with Crippen LogP contribution >= 0.6 is 11.3 Å². The van der Waals surface area contributed by atoms with Crippen LogP contribution in [0.25, 0.3) is 26.7 Å². The molecule has 1 N–H and O–H groups in total. The lowest BCUT2D eigenvalue weighted by Gasteiger charge is -2.24. The maximum Gasteiger partial charge on any atom is 0.262 e. The van der Waals surface area contributed by atoms with Crippen molar-refractivity contribution in [3.05, 3.63) is 63.2 Å². The minimum absolute atomic E-state index is 0.134. The van der Waals surface area contributed by atoms with Crippen molar-refractivity contribution in [3.63, 3.8) is 0 Å². The van der Waals surface area contributed by atoms with Gasteiger partial charge >= 0.3 is 0 Å². The zero-order valence-electron chi connectivity index (χ0n) is 20.6. The predicted octanol–water partition coefficient (Wildman–Crippen LogP) is 2.32. The molecule has 182 valence electrons. The zero-order valence-corrected chi connectivity index (χ0v) is 21.5. The summed E-state index contributed by atoms with van der Waals surface area (Å²) in [5.74, 6) is 0.892. The van der Waals surface area contributed by atoms with E-state index in [0.717, 1.165) is 61.5 Å². The highest BCUT2D eigenvalue weighted by molar-refractivity contribution is 7.18. The first-order valence-corrected chi connectivity index (χ1v) is 13.2. The Bertz CT molecular complexity index is 1510. The smallest absolute Gasteiger partial charge is 0.262 e. The summed E-state index contributed by atoms with van der Waals surface area (Å²) in [5, 5.41) is 2.11. The molecule has 8 heteroatoms. The Morgan fingerprint density at radius 1 is 1.23 bits per heavy atom. The molecule has 0 radical (unpaired) electrons. The van der Waals surface area contributed by atoms with Crippen LogP contribution in [0.4, 0.5) is 0 Å². The van der Waals surface area contributed by atoms with Crippen molar-refractivity contribution in [2.75, 3.05) is 40.3 Å². The average molecular weight is 491 g/mol. The molecule has 0 saturated heterocycles. The number of benzene rings is 1.